The largest absolute Gasteiger partial charge is 0.352 e. The van der Waals surface area contributed by atoms with Gasteiger partial charge in [-0.1, -0.05) is 20.8 Å². The first-order valence-corrected chi connectivity index (χ1v) is 9.13. The molecule has 1 fully saturated rings. The fourth-order valence-corrected chi connectivity index (χ4v) is 4.41. The van der Waals surface area contributed by atoms with Crippen LogP contribution in [0.1, 0.15) is 39.3 Å². The van der Waals surface area contributed by atoms with E-state index in [2.05, 4.69) is 26.1 Å². The van der Waals surface area contributed by atoms with Gasteiger partial charge in [-0.05, 0) is 24.8 Å². The van der Waals surface area contributed by atoms with Gasteiger partial charge in [-0.15, -0.1) is 0 Å². The van der Waals surface area contributed by atoms with Crippen molar-refractivity contribution < 1.29 is 8.42 Å². The minimum atomic E-state index is -3.35. The van der Waals surface area contributed by atoms with Crippen molar-refractivity contribution in [2.45, 2.75) is 51.1 Å². The molecule has 1 saturated heterocycles. The Morgan fingerprint density at radius 3 is 2.76 bits per heavy atom. The monoisotopic (exact) mass is 313 g/mol. The molecule has 5 nitrogen and oxygen atoms in total. The zero-order valence-corrected chi connectivity index (χ0v) is 14.3. The van der Waals surface area contributed by atoms with Crippen molar-refractivity contribution in [2.24, 2.45) is 13.0 Å². The molecule has 1 aliphatic heterocycles. The number of piperidine rings is 1. The molecule has 2 heterocycles. The zero-order chi connectivity index (χ0) is 15.6. The lowest BCUT2D eigenvalue weighted by molar-refractivity contribution is 0.281. The highest BCUT2D eigenvalue weighted by molar-refractivity contribution is 7.89. The number of sulfonamides is 1. The molecule has 1 aromatic rings. The van der Waals surface area contributed by atoms with Crippen molar-refractivity contribution in [2.75, 3.05) is 13.1 Å². The van der Waals surface area contributed by atoms with Crippen LogP contribution in [0.15, 0.2) is 17.2 Å². The Bertz CT molecular complexity index is 578. The van der Waals surface area contributed by atoms with Gasteiger partial charge in [0.2, 0.25) is 10.0 Å². The fourth-order valence-electron chi connectivity index (χ4n) is 2.72. The van der Waals surface area contributed by atoms with Crippen molar-refractivity contribution in [3.8, 4) is 0 Å². The summed E-state index contributed by atoms with van der Waals surface area (Å²) in [6.45, 7) is 8.23. The van der Waals surface area contributed by atoms with Gasteiger partial charge >= 0.3 is 0 Å². The molecule has 1 unspecified atom stereocenters. The van der Waals surface area contributed by atoms with Crippen LogP contribution in [-0.4, -0.2) is 36.4 Å². The minimum Gasteiger partial charge on any atom is -0.352 e. The predicted octanol–water partition coefficient (Wildman–Crippen LogP) is 1.94. The zero-order valence-electron chi connectivity index (χ0n) is 13.5. The third-order valence-corrected chi connectivity index (χ3v) is 5.86. The molecule has 2 rings (SSSR count). The highest BCUT2D eigenvalue weighted by Crippen LogP contribution is 2.24. The van der Waals surface area contributed by atoms with Gasteiger partial charge in [0.15, 0.2) is 0 Å². The van der Waals surface area contributed by atoms with Crippen molar-refractivity contribution >= 4 is 10.0 Å². The molecule has 6 heteroatoms. The lowest BCUT2D eigenvalue weighted by atomic mass is 10.0. The fraction of sp³-hybridized carbons (Fsp3) is 0.733. The maximum absolute atomic E-state index is 12.7. The number of rotatable bonds is 5. The van der Waals surface area contributed by atoms with Crippen molar-refractivity contribution in [3.63, 3.8) is 0 Å². The SMILES string of the molecule is CC1CCCN(S(=O)(=O)c2cc(CNC(C)C)n(C)c2)C1. The van der Waals surface area contributed by atoms with Gasteiger partial charge < -0.3 is 9.88 Å². The maximum Gasteiger partial charge on any atom is 0.244 e. The van der Waals surface area contributed by atoms with Crippen LogP contribution in [0.5, 0.6) is 0 Å². The summed E-state index contributed by atoms with van der Waals surface area (Å²) in [7, 11) is -1.45. The lowest BCUT2D eigenvalue weighted by Gasteiger charge is -2.29. The van der Waals surface area contributed by atoms with Gasteiger partial charge in [-0.2, -0.15) is 4.31 Å². The van der Waals surface area contributed by atoms with Crippen molar-refractivity contribution in [1.29, 1.82) is 0 Å². The number of hydrogen-bond donors (Lipinski definition) is 1. The standard InChI is InChI=1S/C15H27N3O2S/c1-12(2)16-9-14-8-15(11-17(14)4)21(19,20)18-7-5-6-13(3)10-18/h8,11-13,16H,5-7,9-10H2,1-4H3. The molecule has 1 aromatic heterocycles. The molecule has 0 saturated carbocycles. The summed E-state index contributed by atoms with van der Waals surface area (Å²) in [5, 5.41) is 3.32. The first-order chi connectivity index (χ1) is 9.80. The van der Waals surface area contributed by atoms with E-state index in [9.17, 15) is 8.42 Å². The topological polar surface area (TPSA) is 54.3 Å². The maximum atomic E-state index is 12.7. The summed E-state index contributed by atoms with van der Waals surface area (Å²) in [5.74, 6) is 0.444. The highest BCUT2D eigenvalue weighted by Gasteiger charge is 2.29. The van der Waals surface area contributed by atoms with E-state index in [1.165, 1.54) is 0 Å². The van der Waals surface area contributed by atoms with Crippen LogP contribution in [0, 0.1) is 5.92 Å². The van der Waals surface area contributed by atoms with E-state index >= 15 is 0 Å². The van der Waals surface area contributed by atoms with Crippen LogP contribution in [0.25, 0.3) is 0 Å². The van der Waals surface area contributed by atoms with Crippen molar-refractivity contribution in [3.05, 3.63) is 18.0 Å². The first-order valence-electron chi connectivity index (χ1n) is 7.69. The molecule has 0 bridgehead atoms. The summed E-state index contributed by atoms with van der Waals surface area (Å²) >= 11 is 0. The summed E-state index contributed by atoms with van der Waals surface area (Å²) in [6, 6.07) is 2.17. The summed E-state index contributed by atoms with van der Waals surface area (Å²) in [5.41, 5.74) is 0.993. The summed E-state index contributed by atoms with van der Waals surface area (Å²) in [4.78, 5) is 0.416. The third-order valence-electron chi connectivity index (χ3n) is 4.03. The third kappa shape index (κ3) is 3.87. The number of aryl methyl sites for hydroxylation is 1. The van der Waals surface area contributed by atoms with Gasteiger partial charge in [0.05, 0.1) is 0 Å². The Morgan fingerprint density at radius 2 is 2.14 bits per heavy atom. The van der Waals surface area contributed by atoms with Crippen LogP contribution in [0.3, 0.4) is 0 Å². The molecule has 0 spiro atoms. The molecular formula is C15H27N3O2S. The lowest BCUT2D eigenvalue weighted by Crippen LogP contribution is -2.38. The van der Waals surface area contributed by atoms with Gasteiger partial charge in [-0.3, -0.25) is 0 Å². The second-order valence-electron chi connectivity index (χ2n) is 6.42. The quantitative estimate of drug-likeness (QED) is 0.904. The summed E-state index contributed by atoms with van der Waals surface area (Å²) < 4.78 is 29.0. The average molecular weight is 313 g/mol. The van der Waals surface area contributed by atoms with E-state index < -0.39 is 10.0 Å². The number of hydrogen-bond acceptors (Lipinski definition) is 3. The molecule has 120 valence electrons. The molecule has 0 radical (unpaired) electrons. The van der Waals surface area contributed by atoms with Gasteiger partial charge in [0.25, 0.3) is 0 Å². The minimum absolute atomic E-state index is 0.378. The summed E-state index contributed by atoms with van der Waals surface area (Å²) in [6.07, 6.45) is 3.80. The Morgan fingerprint density at radius 1 is 1.43 bits per heavy atom. The van der Waals surface area contributed by atoms with E-state index in [4.69, 9.17) is 0 Å². The van der Waals surface area contributed by atoms with E-state index in [1.807, 2.05) is 11.6 Å². The van der Waals surface area contributed by atoms with Crippen LogP contribution in [0.4, 0.5) is 0 Å². The highest BCUT2D eigenvalue weighted by atomic mass is 32.2. The van der Waals surface area contributed by atoms with Gasteiger partial charge in [-0.25, -0.2) is 8.42 Å². The smallest absolute Gasteiger partial charge is 0.244 e. The second-order valence-corrected chi connectivity index (χ2v) is 8.36. The van der Waals surface area contributed by atoms with Crippen LogP contribution in [-0.2, 0) is 23.6 Å². The van der Waals surface area contributed by atoms with E-state index in [0.29, 0.717) is 36.5 Å². The molecule has 0 aromatic carbocycles. The Kier molecular flexibility index (Phi) is 5.11. The second kappa shape index (κ2) is 6.50. The number of nitrogens with zero attached hydrogens (tertiary/aromatic N) is 2. The molecule has 21 heavy (non-hydrogen) atoms. The Balaban J connectivity index is 2.18. The number of nitrogens with one attached hydrogen (secondary N) is 1. The van der Waals surface area contributed by atoms with Gasteiger partial charge in [0, 0.05) is 44.6 Å². The van der Waals surface area contributed by atoms with Crippen molar-refractivity contribution in [1.82, 2.24) is 14.2 Å². The van der Waals surface area contributed by atoms with E-state index in [-0.39, 0.29) is 0 Å². The van der Waals surface area contributed by atoms with Crippen LogP contribution < -0.4 is 5.32 Å². The molecule has 1 N–H and O–H groups in total. The van der Waals surface area contributed by atoms with Crippen LogP contribution >= 0.6 is 0 Å². The predicted molar refractivity (Wildman–Crippen MR) is 84.5 cm³/mol. The average Bonchev–Trinajstić information content (AvgIpc) is 2.78. The molecule has 0 amide bonds. The number of aromatic nitrogens is 1. The molecule has 1 aliphatic rings. The Labute approximate surface area is 128 Å². The van der Waals surface area contributed by atoms with E-state index in [1.54, 1.807) is 16.6 Å². The first kappa shape index (κ1) is 16.5. The van der Waals surface area contributed by atoms with Gasteiger partial charge in [0.1, 0.15) is 4.90 Å². The molecule has 0 aliphatic carbocycles. The van der Waals surface area contributed by atoms with E-state index in [0.717, 1.165) is 18.5 Å². The Hall–Kier alpha value is -0.850. The van der Waals surface area contributed by atoms with Crippen LogP contribution in [0.2, 0.25) is 0 Å². The normalized spacial score (nSPS) is 21.1. The molecule has 1 atom stereocenters. The molecular weight excluding hydrogens is 286 g/mol.